The SMILES string of the molecule is CCCOc1ccc(C2/C(=C(/O)c3ccc(OC(C)C)c(C)c3)C(=O)C(=O)N2c2ccccc2)cc1. The van der Waals surface area contributed by atoms with Crippen LogP contribution in [0.25, 0.3) is 5.76 Å². The molecule has 0 aliphatic carbocycles. The van der Waals surface area contributed by atoms with Crippen LogP contribution in [-0.4, -0.2) is 29.5 Å². The van der Waals surface area contributed by atoms with Gasteiger partial charge in [0.15, 0.2) is 0 Å². The number of benzene rings is 3. The fourth-order valence-corrected chi connectivity index (χ4v) is 4.31. The Hall–Kier alpha value is -4.06. The number of nitrogens with zero attached hydrogens (tertiary/aromatic N) is 1. The van der Waals surface area contributed by atoms with Gasteiger partial charge in [-0.1, -0.05) is 37.3 Å². The number of aryl methyl sites for hydroxylation is 1. The van der Waals surface area contributed by atoms with Crippen molar-refractivity contribution in [2.24, 2.45) is 0 Å². The predicted molar refractivity (Wildman–Crippen MR) is 140 cm³/mol. The van der Waals surface area contributed by atoms with Crippen molar-refractivity contribution >= 4 is 23.1 Å². The first-order valence-corrected chi connectivity index (χ1v) is 12.2. The summed E-state index contributed by atoms with van der Waals surface area (Å²) in [4.78, 5) is 28.1. The van der Waals surface area contributed by atoms with Crippen molar-refractivity contribution in [3.8, 4) is 11.5 Å². The van der Waals surface area contributed by atoms with E-state index in [1.165, 1.54) is 4.90 Å². The Morgan fingerprint density at radius 2 is 1.69 bits per heavy atom. The number of aliphatic hydroxyl groups is 1. The van der Waals surface area contributed by atoms with Crippen LogP contribution in [0.3, 0.4) is 0 Å². The molecule has 1 fully saturated rings. The van der Waals surface area contributed by atoms with Crippen LogP contribution < -0.4 is 14.4 Å². The number of carbonyl (C=O) groups excluding carboxylic acids is 2. The molecule has 1 unspecified atom stereocenters. The van der Waals surface area contributed by atoms with Crippen LogP contribution in [0.5, 0.6) is 11.5 Å². The second-order valence-electron chi connectivity index (χ2n) is 9.07. The van der Waals surface area contributed by atoms with Gasteiger partial charge in [0.05, 0.1) is 24.3 Å². The van der Waals surface area contributed by atoms with Crippen LogP contribution in [0.1, 0.15) is 49.9 Å². The van der Waals surface area contributed by atoms with Gasteiger partial charge in [0, 0.05) is 11.3 Å². The fourth-order valence-electron chi connectivity index (χ4n) is 4.31. The van der Waals surface area contributed by atoms with E-state index in [2.05, 4.69) is 0 Å². The molecule has 1 aliphatic rings. The highest BCUT2D eigenvalue weighted by atomic mass is 16.5. The molecule has 186 valence electrons. The number of ketones is 1. The summed E-state index contributed by atoms with van der Waals surface area (Å²) in [5, 5.41) is 11.4. The number of aliphatic hydroxyl groups excluding tert-OH is 1. The Bertz CT molecular complexity index is 1280. The maximum Gasteiger partial charge on any atom is 0.300 e. The molecule has 3 aromatic rings. The normalized spacial score (nSPS) is 17.0. The minimum absolute atomic E-state index is 0.00335. The largest absolute Gasteiger partial charge is 0.507 e. The molecule has 1 heterocycles. The average molecular weight is 486 g/mol. The molecule has 1 atom stereocenters. The van der Waals surface area contributed by atoms with E-state index in [9.17, 15) is 14.7 Å². The van der Waals surface area contributed by atoms with Gasteiger partial charge in [0.2, 0.25) is 0 Å². The number of para-hydroxylation sites is 1. The van der Waals surface area contributed by atoms with Crippen LogP contribution in [0, 0.1) is 6.92 Å². The number of anilines is 1. The topological polar surface area (TPSA) is 76.1 Å². The first-order chi connectivity index (χ1) is 17.3. The van der Waals surface area contributed by atoms with Crippen molar-refractivity contribution in [3.63, 3.8) is 0 Å². The predicted octanol–water partition coefficient (Wildman–Crippen LogP) is 6.20. The molecule has 6 heteroatoms. The molecule has 0 saturated carbocycles. The lowest BCUT2D eigenvalue weighted by atomic mass is 9.94. The smallest absolute Gasteiger partial charge is 0.300 e. The lowest BCUT2D eigenvalue weighted by Gasteiger charge is -2.25. The molecular formula is C30H31NO5. The van der Waals surface area contributed by atoms with Gasteiger partial charge < -0.3 is 14.6 Å². The Labute approximate surface area is 211 Å². The third kappa shape index (κ3) is 4.98. The molecule has 6 nitrogen and oxygen atoms in total. The van der Waals surface area contributed by atoms with Crippen molar-refractivity contribution in [1.82, 2.24) is 0 Å². The Morgan fingerprint density at radius 1 is 1.00 bits per heavy atom. The molecule has 0 radical (unpaired) electrons. The second kappa shape index (κ2) is 10.7. The van der Waals surface area contributed by atoms with E-state index in [0.717, 1.165) is 12.0 Å². The Morgan fingerprint density at radius 3 is 2.31 bits per heavy atom. The van der Waals surface area contributed by atoms with E-state index >= 15 is 0 Å². The second-order valence-corrected chi connectivity index (χ2v) is 9.07. The summed E-state index contributed by atoms with van der Waals surface area (Å²) in [7, 11) is 0. The van der Waals surface area contributed by atoms with E-state index in [0.29, 0.717) is 34.9 Å². The number of ether oxygens (including phenoxy) is 2. The first kappa shape index (κ1) is 25.0. The summed E-state index contributed by atoms with van der Waals surface area (Å²) < 4.78 is 11.5. The number of Topliss-reactive ketones (excluding diaryl/α,β-unsaturated/α-hetero) is 1. The lowest BCUT2D eigenvalue weighted by Crippen LogP contribution is -2.29. The van der Waals surface area contributed by atoms with Crippen molar-refractivity contribution in [3.05, 3.63) is 95.1 Å². The highest BCUT2D eigenvalue weighted by molar-refractivity contribution is 6.51. The molecule has 1 N–H and O–H groups in total. The molecule has 36 heavy (non-hydrogen) atoms. The van der Waals surface area contributed by atoms with Gasteiger partial charge in [-0.15, -0.1) is 0 Å². The third-order valence-electron chi connectivity index (χ3n) is 5.96. The standard InChI is InChI=1S/C30H31NO5/c1-5-17-35-24-14-11-21(12-15-24)27-26(29(33)30(34)31(27)23-9-7-6-8-10-23)28(32)22-13-16-25(20(4)18-22)36-19(2)3/h6-16,18-19,27,32H,5,17H2,1-4H3/b28-26-. The highest BCUT2D eigenvalue weighted by Gasteiger charge is 2.46. The van der Waals surface area contributed by atoms with Gasteiger partial charge in [-0.25, -0.2) is 0 Å². The zero-order valence-corrected chi connectivity index (χ0v) is 21.0. The molecule has 3 aromatic carbocycles. The Balaban J connectivity index is 1.83. The monoisotopic (exact) mass is 485 g/mol. The summed E-state index contributed by atoms with van der Waals surface area (Å²) >= 11 is 0. The van der Waals surface area contributed by atoms with E-state index in [4.69, 9.17) is 9.47 Å². The Kier molecular flexibility index (Phi) is 7.44. The van der Waals surface area contributed by atoms with Crippen LogP contribution in [0.4, 0.5) is 5.69 Å². The maximum absolute atomic E-state index is 13.3. The molecule has 1 saturated heterocycles. The van der Waals surface area contributed by atoms with Gasteiger partial charge in [0.1, 0.15) is 17.3 Å². The van der Waals surface area contributed by atoms with Crippen LogP contribution in [0.2, 0.25) is 0 Å². The van der Waals surface area contributed by atoms with Gasteiger partial charge in [-0.2, -0.15) is 0 Å². The molecular weight excluding hydrogens is 454 g/mol. The van der Waals surface area contributed by atoms with E-state index in [1.54, 1.807) is 30.3 Å². The van der Waals surface area contributed by atoms with E-state index < -0.39 is 17.7 Å². The number of amides is 1. The molecule has 0 bridgehead atoms. The average Bonchev–Trinajstić information content (AvgIpc) is 3.14. The van der Waals surface area contributed by atoms with Crippen molar-refractivity contribution in [2.45, 2.75) is 46.3 Å². The molecule has 1 amide bonds. The number of carbonyl (C=O) groups is 2. The van der Waals surface area contributed by atoms with Crippen molar-refractivity contribution in [1.29, 1.82) is 0 Å². The fraction of sp³-hybridized carbons (Fsp3) is 0.267. The summed E-state index contributed by atoms with van der Waals surface area (Å²) in [5.74, 6) is -0.232. The third-order valence-corrected chi connectivity index (χ3v) is 5.96. The molecule has 0 spiro atoms. The van der Waals surface area contributed by atoms with Gasteiger partial charge in [-0.3, -0.25) is 14.5 Å². The maximum atomic E-state index is 13.3. The number of hydrogen-bond donors (Lipinski definition) is 1. The van der Waals surface area contributed by atoms with Crippen molar-refractivity contribution < 1.29 is 24.2 Å². The molecule has 0 aromatic heterocycles. The zero-order chi connectivity index (χ0) is 25.8. The number of rotatable bonds is 8. The van der Waals surface area contributed by atoms with Gasteiger partial charge >= 0.3 is 0 Å². The molecule has 1 aliphatic heterocycles. The van der Waals surface area contributed by atoms with E-state index in [-0.39, 0.29) is 17.4 Å². The number of hydrogen-bond acceptors (Lipinski definition) is 5. The summed E-state index contributed by atoms with van der Waals surface area (Å²) in [5.41, 5.74) is 2.58. The van der Waals surface area contributed by atoms with Crippen molar-refractivity contribution in [2.75, 3.05) is 11.5 Å². The molecule has 4 rings (SSSR count). The quantitative estimate of drug-likeness (QED) is 0.234. The minimum Gasteiger partial charge on any atom is -0.507 e. The highest BCUT2D eigenvalue weighted by Crippen LogP contribution is 2.42. The summed E-state index contributed by atoms with van der Waals surface area (Å²) in [6.45, 7) is 8.39. The van der Waals surface area contributed by atoms with Crippen LogP contribution in [-0.2, 0) is 9.59 Å². The first-order valence-electron chi connectivity index (χ1n) is 12.2. The van der Waals surface area contributed by atoms with Gasteiger partial charge in [0.25, 0.3) is 11.7 Å². The zero-order valence-electron chi connectivity index (χ0n) is 21.0. The lowest BCUT2D eigenvalue weighted by molar-refractivity contribution is -0.132. The van der Waals surface area contributed by atoms with E-state index in [1.807, 2.05) is 70.2 Å². The van der Waals surface area contributed by atoms with Crippen LogP contribution in [0.15, 0.2) is 78.4 Å². The summed E-state index contributed by atoms with van der Waals surface area (Å²) in [6, 6.07) is 20.8. The summed E-state index contributed by atoms with van der Waals surface area (Å²) in [6.07, 6.45) is 0.889. The minimum atomic E-state index is -0.792. The van der Waals surface area contributed by atoms with Crippen LogP contribution >= 0.6 is 0 Å². The van der Waals surface area contributed by atoms with Gasteiger partial charge in [-0.05, 0) is 80.8 Å².